The fraction of sp³-hybridized carbons (Fsp3) is 0.611. The number of halogens is 4. The molecule has 1 atom stereocenters. The van der Waals surface area contributed by atoms with Crippen LogP contribution in [-0.2, 0) is 11.3 Å². The first-order valence-corrected chi connectivity index (χ1v) is 8.66. The Kier molecular flexibility index (Phi) is 5.32. The summed E-state index contributed by atoms with van der Waals surface area (Å²) < 4.78 is 52.6. The highest BCUT2D eigenvalue weighted by atomic mass is 19.4. The van der Waals surface area contributed by atoms with E-state index in [-0.39, 0.29) is 37.3 Å². The van der Waals surface area contributed by atoms with Gasteiger partial charge in [0.2, 0.25) is 5.91 Å². The van der Waals surface area contributed by atoms with E-state index in [1.165, 1.54) is 11.0 Å². The van der Waals surface area contributed by atoms with Crippen LogP contribution in [0.3, 0.4) is 0 Å². The van der Waals surface area contributed by atoms with Crippen molar-refractivity contribution < 1.29 is 22.4 Å². The smallest absolute Gasteiger partial charge is 0.341 e. The van der Waals surface area contributed by atoms with Crippen molar-refractivity contribution in [3.8, 4) is 0 Å². The van der Waals surface area contributed by atoms with E-state index in [0.717, 1.165) is 12.8 Å². The van der Waals surface area contributed by atoms with E-state index in [1.807, 2.05) is 4.90 Å². The van der Waals surface area contributed by atoms with Gasteiger partial charge >= 0.3 is 6.18 Å². The maximum atomic E-state index is 13.9. The third-order valence-corrected chi connectivity index (χ3v) is 4.97. The molecule has 2 fully saturated rings. The highest BCUT2D eigenvalue weighted by Crippen LogP contribution is 2.33. The Labute approximate surface area is 144 Å². The lowest BCUT2D eigenvalue weighted by Gasteiger charge is -2.35. The molecule has 0 N–H and O–H groups in total. The van der Waals surface area contributed by atoms with Crippen LogP contribution in [0.2, 0.25) is 0 Å². The van der Waals surface area contributed by atoms with Crippen LogP contribution >= 0.6 is 0 Å². The third kappa shape index (κ3) is 4.71. The Morgan fingerprint density at radius 1 is 1.20 bits per heavy atom. The summed E-state index contributed by atoms with van der Waals surface area (Å²) in [4.78, 5) is 15.7. The van der Waals surface area contributed by atoms with Crippen LogP contribution in [0, 0.1) is 11.7 Å². The first-order valence-electron chi connectivity index (χ1n) is 8.66. The first kappa shape index (κ1) is 18.2. The molecule has 0 radical (unpaired) electrons. The zero-order valence-electron chi connectivity index (χ0n) is 13.9. The topological polar surface area (TPSA) is 23.6 Å². The van der Waals surface area contributed by atoms with Crippen LogP contribution in [-0.4, -0.2) is 47.6 Å². The quantitative estimate of drug-likeness (QED) is 0.751. The number of amides is 1. The second-order valence-corrected chi connectivity index (χ2v) is 6.95. The van der Waals surface area contributed by atoms with E-state index in [1.54, 1.807) is 18.2 Å². The van der Waals surface area contributed by atoms with E-state index in [0.29, 0.717) is 25.1 Å². The second-order valence-electron chi connectivity index (χ2n) is 6.95. The van der Waals surface area contributed by atoms with Gasteiger partial charge in [-0.25, -0.2) is 4.39 Å². The van der Waals surface area contributed by atoms with Gasteiger partial charge in [-0.3, -0.25) is 9.69 Å². The van der Waals surface area contributed by atoms with Crippen molar-refractivity contribution in [3.05, 3.63) is 35.6 Å². The van der Waals surface area contributed by atoms with Gasteiger partial charge < -0.3 is 4.90 Å². The summed E-state index contributed by atoms with van der Waals surface area (Å²) in [6.07, 6.45) is -1.94. The van der Waals surface area contributed by atoms with Gasteiger partial charge in [0.05, 0.1) is 12.5 Å². The Hall–Kier alpha value is -1.63. The summed E-state index contributed by atoms with van der Waals surface area (Å²) in [5.41, 5.74) is 0.508. The van der Waals surface area contributed by atoms with Crippen LogP contribution in [0.4, 0.5) is 17.6 Å². The normalized spacial score (nSPS) is 21.6. The van der Waals surface area contributed by atoms with E-state index in [2.05, 4.69) is 0 Å². The molecular weight excluding hydrogens is 336 g/mol. The molecule has 2 aliphatic rings. The largest absolute Gasteiger partial charge is 0.393 e. The lowest BCUT2D eigenvalue weighted by atomic mass is 9.97. The zero-order valence-corrected chi connectivity index (χ0v) is 13.9. The predicted octanol–water partition coefficient (Wildman–Crippen LogP) is 3.59. The minimum Gasteiger partial charge on any atom is -0.341 e. The number of nitrogens with zero attached hydrogens (tertiary/aromatic N) is 2. The summed E-state index contributed by atoms with van der Waals surface area (Å²) in [5, 5.41) is 0. The summed E-state index contributed by atoms with van der Waals surface area (Å²) in [7, 11) is 0. The van der Waals surface area contributed by atoms with Gasteiger partial charge in [0.1, 0.15) is 5.82 Å². The number of likely N-dealkylation sites (tertiary alicyclic amines) is 1. The number of carbonyl (C=O) groups excluding carboxylic acids is 1. The van der Waals surface area contributed by atoms with Crippen molar-refractivity contribution in [1.29, 1.82) is 0 Å². The average molecular weight is 358 g/mol. The van der Waals surface area contributed by atoms with Crippen LogP contribution in [0.5, 0.6) is 0 Å². The highest BCUT2D eigenvalue weighted by molar-refractivity contribution is 5.78. The number of hydrogen-bond donors (Lipinski definition) is 0. The first-order chi connectivity index (χ1) is 11.8. The fourth-order valence-corrected chi connectivity index (χ4v) is 3.34. The van der Waals surface area contributed by atoms with Crippen molar-refractivity contribution in [2.45, 2.75) is 44.4 Å². The molecule has 3 nitrogen and oxygen atoms in total. The van der Waals surface area contributed by atoms with E-state index >= 15 is 0 Å². The fourth-order valence-electron chi connectivity index (χ4n) is 3.34. The van der Waals surface area contributed by atoms with Crippen LogP contribution in [0.1, 0.15) is 31.2 Å². The molecule has 1 unspecified atom stereocenters. The minimum absolute atomic E-state index is 0.0452. The maximum absolute atomic E-state index is 13.9. The van der Waals surface area contributed by atoms with E-state index in [9.17, 15) is 22.4 Å². The number of alkyl halides is 3. The Morgan fingerprint density at radius 2 is 1.92 bits per heavy atom. The molecule has 1 amide bonds. The highest BCUT2D eigenvalue weighted by Gasteiger charge is 2.43. The number of carbonyl (C=O) groups is 1. The Morgan fingerprint density at radius 3 is 2.56 bits per heavy atom. The lowest BCUT2D eigenvalue weighted by molar-refractivity contribution is -0.188. The summed E-state index contributed by atoms with van der Waals surface area (Å²) in [6.45, 7) is 0.452. The van der Waals surface area contributed by atoms with Crippen molar-refractivity contribution in [2.24, 2.45) is 5.92 Å². The van der Waals surface area contributed by atoms with Crippen LogP contribution < -0.4 is 0 Å². The van der Waals surface area contributed by atoms with Gasteiger partial charge in [-0.15, -0.1) is 0 Å². The monoisotopic (exact) mass is 358 g/mol. The molecule has 0 spiro atoms. The van der Waals surface area contributed by atoms with Crippen molar-refractivity contribution in [3.63, 3.8) is 0 Å². The molecule has 1 saturated heterocycles. The predicted molar refractivity (Wildman–Crippen MR) is 85.2 cm³/mol. The lowest BCUT2D eigenvalue weighted by Crippen LogP contribution is -2.48. The van der Waals surface area contributed by atoms with Gasteiger partial charge in [0.25, 0.3) is 0 Å². The minimum atomic E-state index is -4.26. The molecule has 1 aromatic carbocycles. The second kappa shape index (κ2) is 7.32. The molecule has 1 saturated carbocycles. The molecule has 3 rings (SSSR count). The molecule has 25 heavy (non-hydrogen) atoms. The average Bonchev–Trinajstić information content (AvgIpc) is 3.40. The van der Waals surface area contributed by atoms with Crippen LogP contribution in [0.15, 0.2) is 24.3 Å². The molecule has 0 bridgehead atoms. The summed E-state index contributed by atoms with van der Waals surface area (Å²) in [6, 6.07) is 6.61. The number of piperidine rings is 1. The Balaban J connectivity index is 1.62. The van der Waals surface area contributed by atoms with E-state index < -0.39 is 12.1 Å². The SMILES string of the molecule is O=C(CN(Cc1ccccc1F)C1CC1)N1CCCC(C(F)(F)F)C1. The maximum Gasteiger partial charge on any atom is 0.393 e. The van der Waals surface area contributed by atoms with Crippen molar-refractivity contribution in [1.82, 2.24) is 9.80 Å². The third-order valence-electron chi connectivity index (χ3n) is 4.97. The molecule has 1 aliphatic heterocycles. The van der Waals surface area contributed by atoms with Gasteiger partial charge in [0, 0.05) is 31.2 Å². The van der Waals surface area contributed by atoms with Gasteiger partial charge in [0.15, 0.2) is 0 Å². The Bertz CT molecular complexity index is 615. The summed E-state index contributed by atoms with van der Waals surface area (Å²) >= 11 is 0. The molecule has 1 aliphatic carbocycles. The number of hydrogen-bond acceptors (Lipinski definition) is 2. The van der Waals surface area contributed by atoms with Crippen molar-refractivity contribution >= 4 is 5.91 Å². The van der Waals surface area contributed by atoms with Gasteiger partial charge in [-0.1, -0.05) is 18.2 Å². The standard InChI is InChI=1S/C18H22F4N2O/c19-16-6-2-1-4-13(16)10-24(15-7-8-15)12-17(25)23-9-3-5-14(11-23)18(20,21)22/h1-2,4,6,14-15H,3,5,7-12H2. The van der Waals surface area contributed by atoms with Gasteiger partial charge in [-0.2, -0.15) is 13.2 Å². The molecule has 0 aromatic heterocycles. The molecule has 1 heterocycles. The number of rotatable bonds is 5. The summed E-state index contributed by atoms with van der Waals surface area (Å²) in [5.74, 6) is -2.06. The number of benzene rings is 1. The van der Waals surface area contributed by atoms with E-state index in [4.69, 9.17) is 0 Å². The molecule has 1 aromatic rings. The van der Waals surface area contributed by atoms with Gasteiger partial charge in [-0.05, 0) is 31.7 Å². The van der Waals surface area contributed by atoms with Crippen LogP contribution in [0.25, 0.3) is 0 Å². The molecule has 7 heteroatoms. The molecule has 138 valence electrons. The molecular formula is C18H22F4N2O. The van der Waals surface area contributed by atoms with Crippen molar-refractivity contribution in [2.75, 3.05) is 19.6 Å². The zero-order chi connectivity index (χ0) is 18.0.